The minimum atomic E-state index is -4.47. The topological polar surface area (TPSA) is 108 Å². The van der Waals surface area contributed by atoms with Crippen LogP contribution in [0.1, 0.15) is 16.7 Å². The van der Waals surface area contributed by atoms with Gasteiger partial charge in [-0.1, -0.05) is 30.3 Å². The molecule has 3 rings (SSSR count). The normalized spacial score (nSPS) is 11.9. The zero-order chi connectivity index (χ0) is 22.6. The molecule has 0 saturated carbocycles. The summed E-state index contributed by atoms with van der Waals surface area (Å²) in [7, 11) is 0. The lowest BCUT2D eigenvalue weighted by atomic mass is 10.0. The average Bonchev–Trinajstić information content (AvgIpc) is 2.73. The fraction of sp³-hybridized carbons (Fsp3) is 0.0952. The Morgan fingerprint density at radius 1 is 1.03 bits per heavy atom. The molecule has 0 fully saturated rings. The smallest absolute Gasteiger partial charge is 0.416 e. The molecular weight excluding hydrogens is 415 g/mol. The number of alkyl halides is 3. The van der Waals surface area contributed by atoms with E-state index in [0.29, 0.717) is 0 Å². The fourth-order valence-electron chi connectivity index (χ4n) is 2.77. The molecule has 3 aromatic rings. The first-order valence-corrected chi connectivity index (χ1v) is 8.89. The SMILES string of the molecule is O=[N+]([O-])c1cc(/C(Cc2ccccc2)=N\Nc2ccc(C(F)(F)F)cc2)cc(O)c1O. The molecule has 7 nitrogen and oxygen atoms in total. The molecule has 0 saturated heterocycles. The summed E-state index contributed by atoms with van der Waals surface area (Å²) in [5.74, 6) is -1.57. The van der Waals surface area contributed by atoms with Crippen molar-refractivity contribution in [2.75, 3.05) is 5.43 Å². The lowest BCUT2D eigenvalue weighted by Gasteiger charge is -2.11. The number of anilines is 1. The van der Waals surface area contributed by atoms with Gasteiger partial charge >= 0.3 is 11.9 Å². The molecule has 0 heterocycles. The summed E-state index contributed by atoms with van der Waals surface area (Å²) in [6.07, 6.45) is -4.28. The Labute approximate surface area is 174 Å². The molecule has 0 bridgehead atoms. The van der Waals surface area contributed by atoms with Crippen molar-refractivity contribution >= 4 is 17.1 Å². The molecule has 31 heavy (non-hydrogen) atoms. The number of hydrogen-bond donors (Lipinski definition) is 3. The van der Waals surface area contributed by atoms with Gasteiger partial charge in [-0.2, -0.15) is 18.3 Å². The van der Waals surface area contributed by atoms with Crippen molar-refractivity contribution in [3.63, 3.8) is 0 Å². The lowest BCUT2D eigenvalue weighted by Crippen LogP contribution is -2.09. The fourth-order valence-corrected chi connectivity index (χ4v) is 2.77. The third-order valence-corrected chi connectivity index (χ3v) is 4.35. The lowest BCUT2D eigenvalue weighted by molar-refractivity contribution is -0.386. The maximum atomic E-state index is 12.7. The number of aromatic hydroxyl groups is 2. The van der Waals surface area contributed by atoms with Gasteiger partial charge < -0.3 is 10.2 Å². The second kappa shape index (κ2) is 8.74. The van der Waals surface area contributed by atoms with E-state index in [-0.39, 0.29) is 23.4 Å². The van der Waals surface area contributed by atoms with Gasteiger partial charge in [0.1, 0.15) is 0 Å². The number of hydrogen-bond acceptors (Lipinski definition) is 6. The highest BCUT2D eigenvalue weighted by Crippen LogP contribution is 2.36. The summed E-state index contributed by atoms with van der Waals surface area (Å²) in [5, 5.41) is 35.0. The van der Waals surface area contributed by atoms with Crippen molar-refractivity contribution in [2.45, 2.75) is 12.6 Å². The van der Waals surface area contributed by atoms with Crippen molar-refractivity contribution in [3.05, 3.63) is 93.5 Å². The highest BCUT2D eigenvalue weighted by molar-refractivity contribution is 6.03. The van der Waals surface area contributed by atoms with E-state index in [1.165, 1.54) is 12.1 Å². The Bertz CT molecular complexity index is 1120. The van der Waals surface area contributed by atoms with E-state index in [1.54, 1.807) is 30.3 Å². The van der Waals surface area contributed by atoms with E-state index in [4.69, 9.17) is 0 Å². The van der Waals surface area contributed by atoms with Crippen molar-refractivity contribution in [1.29, 1.82) is 0 Å². The molecule has 0 unspecified atom stereocenters. The maximum absolute atomic E-state index is 12.7. The van der Waals surface area contributed by atoms with Gasteiger partial charge in [0, 0.05) is 18.1 Å². The largest absolute Gasteiger partial charge is 0.504 e. The zero-order valence-electron chi connectivity index (χ0n) is 15.8. The second-order valence-electron chi connectivity index (χ2n) is 6.53. The number of phenols is 2. The van der Waals surface area contributed by atoms with Gasteiger partial charge in [-0.3, -0.25) is 15.5 Å². The average molecular weight is 431 g/mol. The van der Waals surface area contributed by atoms with Gasteiger partial charge in [-0.05, 0) is 35.9 Å². The van der Waals surface area contributed by atoms with Crippen LogP contribution in [0.25, 0.3) is 0 Å². The number of hydrazone groups is 1. The number of nitrogens with zero attached hydrogens (tertiary/aromatic N) is 2. The van der Waals surface area contributed by atoms with E-state index in [9.17, 15) is 33.5 Å². The molecular formula is C21H16F3N3O4. The molecule has 0 atom stereocenters. The van der Waals surface area contributed by atoms with Gasteiger partial charge in [0.2, 0.25) is 5.75 Å². The zero-order valence-corrected chi connectivity index (χ0v) is 15.8. The number of nitro groups is 1. The molecule has 0 spiro atoms. The van der Waals surface area contributed by atoms with E-state index in [1.807, 2.05) is 0 Å². The number of phenolic OH excluding ortho intramolecular Hbond substituents is 2. The van der Waals surface area contributed by atoms with Crippen LogP contribution in [0.5, 0.6) is 11.5 Å². The standard InChI is InChI=1S/C21H16F3N3O4/c22-21(23,24)15-6-8-16(9-7-15)25-26-17(10-13-4-2-1-3-5-13)14-11-18(27(30)31)20(29)19(28)12-14/h1-9,11-12,25,28-29H,10H2/b26-17-. The van der Waals surface area contributed by atoms with Crippen LogP contribution in [0.4, 0.5) is 24.5 Å². The molecule has 0 aliphatic carbocycles. The highest BCUT2D eigenvalue weighted by Gasteiger charge is 2.30. The Kier molecular flexibility index (Phi) is 6.10. The Morgan fingerprint density at radius 2 is 1.68 bits per heavy atom. The van der Waals surface area contributed by atoms with Crippen LogP contribution in [0, 0.1) is 10.1 Å². The summed E-state index contributed by atoms with van der Waals surface area (Å²) in [6.45, 7) is 0. The molecule has 0 aliphatic rings. The summed E-state index contributed by atoms with van der Waals surface area (Å²) in [4.78, 5) is 10.3. The van der Waals surface area contributed by atoms with E-state index in [2.05, 4.69) is 10.5 Å². The quantitative estimate of drug-likeness (QED) is 0.218. The second-order valence-corrected chi connectivity index (χ2v) is 6.53. The van der Waals surface area contributed by atoms with Crippen molar-refractivity contribution in [1.82, 2.24) is 0 Å². The molecule has 0 aromatic heterocycles. The van der Waals surface area contributed by atoms with Gasteiger partial charge in [0.05, 0.1) is 21.9 Å². The summed E-state index contributed by atoms with van der Waals surface area (Å²) in [5.41, 5.74) is 2.58. The molecule has 0 radical (unpaired) electrons. The predicted octanol–water partition coefficient (Wildman–Crippen LogP) is 5.08. The third kappa shape index (κ3) is 5.30. The molecule has 3 N–H and O–H groups in total. The molecule has 0 aliphatic heterocycles. The van der Waals surface area contributed by atoms with Crippen molar-refractivity contribution in [3.8, 4) is 11.5 Å². The van der Waals surface area contributed by atoms with E-state index >= 15 is 0 Å². The van der Waals surface area contributed by atoms with Crippen LogP contribution in [0.3, 0.4) is 0 Å². The van der Waals surface area contributed by atoms with Gasteiger partial charge in [-0.25, -0.2) is 0 Å². The van der Waals surface area contributed by atoms with Crippen molar-refractivity contribution in [2.24, 2.45) is 5.10 Å². The first-order valence-electron chi connectivity index (χ1n) is 8.89. The van der Waals surface area contributed by atoms with Gasteiger partial charge in [0.15, 0.2) is 5.75 Å². The number of halogens is 3. The monoisotopic (exact) mass is 431 g/mol. The molecule has 0 amide bonds. The maximum Gasteiger partial charge on any atom is 0.416 e. The number of rotatable bonds is 6. The van der Waals surface area contributed by atoms with Gasteiger partial charge in [-0.15, -0.1) is 0 Å². The van der Waals surface area contributed by atoms with Crippen LogP contribution in [0.15, 0.2) is 71.8 Å². The van der Waals surface area contributed by atoms with Crippen molar-refractivity contribution < 1.29 is 28.3 Å². The number of nitro benzene ring substituents is 1. The highest BCUT2D eigenvalue weighted by atomic mass is 19.4. The van der Waals surface area contributed by atoms with Crippen LogP contribution in [-0.2, 0) is 12.6 Å². The molecule has 10 heteroatoms. The Morgan fingerprint density at radius 3 is 2.26 bits per heavy atom. The minimum absolute atomic E-state index is 0.158. The van der Waals surface area contributed by atoms with E-state index < -0.39 is 33.8 Å². The molecule has 160 valence electrons. The predicted molar refractivity (Wildman–Crippen MR) is 108 cm³/mol. The molecule has 3 aromatic carbocycles. The Balaban J connectivity index is 1.98. The Hall–Kier alpha value is -4.08. The summed E-state index contributed by atoms with van der Waals surface area (Å²) < 4.78 is 38.2. The summed E-state index contributed by atoms with van der Waals surface area (Å²) >= 11 is 0. The number of benzene rings is 3. The summed E-state index contributed by atoms with van der Waals surface area (Å²) in [6, 6.07) is 15.3. The van der Waals surface area contributed by atoms with Crippen LogP contribution in [0.2, 0.25) is 0 Å². The van der Waals surface area contributed by atoms with Crippen LogP contribution in [-0.4, -0.2) is 20.8 Å². The first kappa shape index (κ1) is 21.6. The van der Waals surface area contributed by atoms with E-state index in [0.717, 1.165) is 29.8 Å². The third-order valence-electron chi connectivity index (χ3n) is 4.35. The van der Waals surface area contributed by atoms with Crippen LogP contribution < -0.4 is 5.43 Å². The number of nitrogens with one attached hydrogen (secondary N) is 1. The van der Waals surface area contributed by atoms with Crippen LogP contribution >= 0.6 is 0 Å². The van der Waals surface area contributed by atoms with Gasteiger partial charge in [0.25, 0.3) is 0 Å². The minimum Gasteiger partial charge on any atom is -0.504 e. The first-order chi connectivity index (χ1) is 14.6.